The van der Waals surface area contributed by atoms with Crippen LogP contribution < -0.4 is 5.69 Å². The molecule has 1 aliphatic rings. The molecule has 0 N–H and O–H groups in total. The Hall–Kier alpha value is -1.32. The summed E-state index contributed by atoms with van der Waals surface area (Å²) in [5, 5.41) is 3.95. The van der Waals surface area contributed by atoms with Gasteiger partial charge in [-0.2, -0.15) is 9.78 Å². The van der Waals surface area contributed by atoms with Gasteiger partial charge in [-0.15, -0.1) is 0 Å². The Morgan fingerprint density at radius 2 is 2.42 bits per heavy atom. The van der Waals surface area contributed by atoms with E-state index in [1.807, 2.05) is 6.92 Å². The van der Waals surface area contributed by atoms with Crippen LogP contribution in [-0.2, 0) is 0 Å². The predicted molar refractivity (Wildman–Crippen MR) is 45.8 cm³/mol. The van der Waals surface area contributed by atoms with Gasteiger partial charge in [0.2, 0.25) is 0 Å². The normalized spacial score (nSPS) is 17.4. The average Bonchev–Trinajstić information content (AvgIpc) is 2.82. The highest BCUT2D eigenvalue weighted by atomic mass is 16.2. The van der Waals surface area contributed by atoms with Crippen LogP contribution in [0.4, 0.5) is 0 Å². The molecule has 2 rings (SSSR count). The van der Waals surface area contributed by atoms with Crippen LogP contribution >= 0.6 is 0 Å². The zero-order chi connectivity index (χ0) is 8.55. The van der Waals surface area contributed by atoms with Gasteiger partial charge < -0.3 is 0 Å². The minimum Gasteiger partial charge on any atom is -0.278 e. The van der Waals surface area contributed by atoms with Crippen LogP contribution in [0.2, 0.25) is 0 Å². The maximum Gasteiger partial charge on any atom is 0.350 e. The Morgan fingerprint density at radius 3 is 3.00 bits per heavy atom. The summed E-state index contributed by atoms with van der Waals surface area (Å²) in [5.74, 6) is 0. The lowest BCUT2D eigenvalue weighted by Gasteiger charge is -1.91. The van der Waals surface area contributed by atoms with Crippen LogP contribution in [-0.4, -0.2) is 14.3 Å². The van der Waals surface area contributed by atoms with Crippen LogP contribution in [0.3, 0.4) is 0 Å². The number of hydrogen-bond acceptors (Lipinski definition) is 2. The topological polar surface area (TPSA) is 39.8 Å². The summed E-state index contributed by atoms with van der Waals surface area (Å²) in [7, 11) is 0. The quantitative estimate of drug-likeness (QED) is 0.652. The molecule has 1 fully saturated rings. The smallest absolute Gasteiger partial charge is 0.278 e. The van der Waals surface area contributed by atoms with Gasteiger partial charge in [0.25, 0.3) is 0 Å². The molecule has 0 amide bonds. The number of allylic oxidation sites excluding steroid dienone is 1. The SMILES string of the molecule is C/C=C/n1ncn(C2CC2)c1=O. The Morgan fingerprint density at radius 1 is 1.67 bits per heavy atom. The first-order chi connectivity index (χ1) is 5.83. The summed E-state index contributed by atoms with van der Waals surface area (Å²) >= 11 is 0. The van der Waals surface area contributed by atoms with Crippen molar-refractivity contribution >= 4 is 6.20 Å². The van der Waals surface area contributed by atoms with Crippen LogP contribution in [0.15, 0.2) is 17.2 Å². The zero-order valence-electron chi connectivity index (χ0n) is 6.97. The van der Waals surface area contributed by atoms with Crippen molar-refractivity contribution in [1.29, 1.82) is 0 Å². The molecule has 0 radical (unpaired) electrons. The molecular formula is C8H11N3O. The summed E-state index contributed by atoms with van der Waals surface area (Å²) in [4.78, 5) is 11.5. The summed E-state index contributed by atoms with van der Waals surface area (Å²) in [6.45, 7) is 1.86. The fourth-order valence-corrected chi connectivity index (χ4v) is 1.17. The molecule has 1 aromatic rings. The first kappa shape index (κ1) is 7.34. The van der Waals surface area contributed by atoms with E-state index < -0.39 is 0 Å². The predicted octanol–water partition coefficient (Wildman–Crippen LogP) is 0.870. The molecule has 0 unspecified atom stereocenters. The molecule has 4 heteroatoms. The van der Waals surface area contributed by atoms with Gasteiger partial charge in [0.15, 0.2) is 0 Å². The molecule has 0 aromatic carbocycles. The van der Waals surface area contributed by atoms with Gasteiger partial charge in [0, 0.05) is 12.2 Å². The van der Waals surface area contributed by atoms with Crippen molar-refractivity contribution in [3.63, 3.8) is 0 Å². The molecule has 1 saturated carbocycles. The Balaban J connectivity index is 2.40. The van der Waals surface area contributed by atoms with Crippen molar-refractivity contribution < 1.29 is 0 Å². The fourth-order valence-electron chi connectivity index (χ4n) is 1.17. The van der Waals surface area contributed by atoms with Crippen molar-refractivity contribution in [2.24, 2.45) is 0 Å². The standard InChI is InChI=1S/C8H11N3O/c1-2-5-11-8(12)10(6-9-11)7-3-4-7/h2,5-7H,3-4H2,1H3/b5-2+. The van der Waals surface area contributed by atoms with E-state index in [0.29, 0.717) is 6.04 Å². The highest BCUT2D eigenvalue weighted by Gasteiger charge is 2.25. The van der Waals surface area contributed by atoms with Crippen LogP contribution in [0.5, 0.6) is 0 Å². The molecule has 0 bridgehead atoms. The highest BCUT2D eigenvalue weighted by Crippen LogP contribution is 2.32. The molecular weight excluding hydrogens is 154 g/mol. The third-order valence-electron chi connectivity index (χ3n) is 1.95. The summed E-state index contributed by atoms with van der Waals surface area (Å²) in [6.07, 6.45) is 7.30. The summed E-state index contributed by atoms with van der Waals surface area (Å²) in [5.41, 5.74) is -0.0319. The highest BCUT2D eigenvalue weighted by molar-refractivity contribution is 5.16. The van der Waals surface area contributed by atoms with E-state index in [1.54, 1.807) is 23.2 Å². The Kier molecular flexibility index (Phi) is 1.60. The maximum absolute atomic E-state index is 11.5. The lowest BCUT2D eigenvalue weighted by atomic mass is 10.7. The van der Waals surface area contributed by atoms with E-state index in [-0.39, 0.29) is 5.69 Å². The largest absolute Gasteiger partial charge is 0.350 e. The lowest BCUT2D eigenvalue weighted by Crippen LogP contribution is -2.20. The van der Waals surface area contributed by atoms with Crippen molar-refractivity contribution in [3.05, 3.63) is 22.9 Å². The van der Waals surface area contributed by atoms with Crippen molar-refractivity contribution in [1.82, 2.24) is 14.3 Å². The van der Waals surface area contributed by atoms with Crippen molar-refractivity contribution in [3.8, 4) is 0 Å². The third kappa shape index (κ3) is 1.09. The van der Waals surface area contributed by atoms with Gasteiger partial charge in [0.1, 0.15) is 6.33 Å². The zero-order valence-corrected chi connectivity index (χ0v) is 6.97. The monoisotopic (exact) mass is 165 g/mol. The van der Waals surface area contributed by atoms with E-state index in [1.165, 1.54) is 4.68 Å². The number of rotatable bonds is 2. The molecule has 64 valence electrons. The molecule has 0 aliphatic heterocycles. The third-order valence-corrected chi connectivity index (χ3v) is 1.95. The maximum atomic E-state index is 11.5. The molecule has 4 nitrogen and oxygen atoms in total. The van der Waals surface area contributed by atoms with Gasteiger partial charge in [-0.3, -0.25) is 4.57 Å². The second-order valence-corrected chi connectivity index (χ2v) is 2.98. The molecule has 1 aromatic heterocycles. The van der Waals surface area contributed by atoms with E-state index in [9.17, 15) is 4.79 Å². The lowest BCUT2D eigenvalue weighted by molar-refractivity contribution is 0.700. The molecule has 0 saturated heterocycles. The Labute approximate surface area is 70.1 Å². The summed E-state index contributed by atoms with van der Waals surface area (Å²) in [6, 6.07) is 0.413. The number of nitrogens with zero attached hydrogens (tertiary/aromatic N) is 3. The second kappa shape index (κ2) is 2.62. The summed E-state index contributed by atoms with van der Waals surface area (Å²) < 4.78 is 3.05. The minimum atomic E-state index is -0.0319. The minimum absolute atomic E-state index is 0.0319. The van der Waals surface area contributed by atoms with E-state index in [0.717, 1.165) is 12.8 Å². The van der Waals surface area contributed by atoms with E-state index in [2.05, 4.69) is 5.10 Å². The van der Waals surface area contributed by atoms with Crippen molar-refractivity contribution in [2.75, 3.05) is 0 Å². The average molecular weight is 165 g/mol. The van der Waals surface area contributed by atoms with E-state index in [4.69, 9.17) is 0 Å². The second-order valence-electron chi connectivity index (χ2n) is 2.98. The number of aromatic nitrogens is 3. The van der Waals surface area contributed by atoms with E-state index >= 15 is 0 Å². The Bertz CT molecular complexity index is 357. The van der Waals surface area contributed by atoms with Gasteiger partial charge in [-0.1, -0.05) is 6.08 Å². The van der Waals surface area contributed by atoms with Gasteiger partial charge in [-0.05, 0) is 19.8 Å². The van der Waals surface area contributed by atoms with Gasteiger partial charge in [0.05, 0.1) is 0 Å². The van der Waals surface area contributed by atoms with Crippen molar-refractivity contribution in [2.45, 2.75) is 25.8 Å². The van der Waals surface area contributed by atoms with Crippen LogP contribution in [0.1, 0.15) is 25.8 Å². The van der Waals surface area contributed by atoms with Crippen LogP contribution in [0, 0.1) is 0 Å². The molecule has 12 heavy (non-hydrogen) atoms. The first-order valence-corrected chi connectivity index (χ1v) is 4.11. The molecule has 0 spiro atoms. The number of hydrogen-bond donors (Lipinski definition) is 0. The molecule has 1 heterocycles. The first-order valence-electron chi connectivity index (χ1n) is 4.11. The molecule has 0 atom stereocenters. The van der Waals surface area contributed by atoms with Crippen LogP contribution in [0.25, 0.3) is 6.20 Å². The van der Waals surface area contributed by atoms with Gasteiger partial charge >= 0.3 is 5.69 Å². The molecule has 1 aliphatic carbocycles. The fraction of sp³-hybridized carbons (Fsp3) is 0.500. The van der Waals surface area contributed by atoms with Gasteiger partial charge in [-0.25, -0.2) is 4.79 Å².